The fraction of sp³-hybridized carbons (Fsp3) is 0.400. The monoisotopic (exact) mass is 168 g/mol. The van der Waals surface area contributed by atoms with Crippen LogP contribution in [-0.2, 0) is 9.47 Å². The van der Waals surface area contributed by atoms with E-state index in [0.717, 1.165) is 11.3 Å². The molecule has 2 nitrogen and oxygen atoms in total. The third kappa shape index (κ3) is 4.74. The smallest absolute Gasteiger partial charge is 0.118 e. The first-order valence-corrected chi connectivity index (χ1v) is 3.77. The summed E-state index contributed by atoms with van der Waals surface area (Å²) in [4.78, 5) is 0. The Morgan fingerprint density at radius 2 is 2.00 bits per heavy atom. The van der Waals surface area contributed by atoms with Crippen molar-refractivity contribution in [2.75, 3.05) is 20.8 Å². The van der Waals surface area contributed by atoms with Gasteiger partial charge in [0.25, 0.3) is 0 Å². The van der Waals surface area contributed by atoms with Crippen LogP contribution >= 0.6 is 0 Å². The molecule has 0 bridgehead atoms. The van der Waals surface area contributed by atoms with Crippen molar-refractivity contribution in [3.63, 3.8) is 0 Å². The second kappa shape index (κ2) is 6.68. The van der Waals surface area contributed by atoms with E-state index in [4.69, 9.17) is 9.47 Å². The second-order valence-corrected chi connectivity index (χ2v) is 2.42. The molecule has 68 valence electrons. The molecular formula is C10H16O2. The Morgan fingerprint density at radius 3 is 2.42 bits per heavy atom. The summed E-state index contributed by atoms with van der Waals surface area (Å²) in [5.74, 6) is 0.755. The molecule has 0 N–H and O–H groups in total. The highest BCUT2D eigenvalue weighted by atomic mass is 16.5. The topological polar surface area (TPSA) is 18.5 Å². The van der Waals surface area contributed by atoms with Gasteiger partial charge in [-0.05, 0) is 24.6 Å². The summed E-state index contributed by atoms with van der Waals surface area (Å²) in [6.45, 7) is 6.24. The zero-order valence-electron chi connectivity index (χ0n) is 7.96. The minimum absolute atomic E-state index is 0.643. The highest BCUT2D eigenvalue weighted by Gasteiger charge is 1.87. The molecular weight excluding hydrogens is 152 g/mol. The highest BCUT2D eigenvalue weighted by molar-refractivity contribution is 5.19. The quantitative estimate of drug-likeness (QED) is 0.463. The van der Waals surface area contributed by atoms with Crippen LogP contribution in [0.1, 0.15) is 6.92 Å². The molecule has 0 saturated heterocycles. The lowest BCUT2D eigenvalue weighted by Gasteiger charge is -1.98. The van der Waals surface area contributed by atoms with E-state index in [1.54, 1.807) is 20.3 Å². The lowest BCUT2D eigenvalue weighted by molar-refractivity contribution is 0.226. The van der Waals surface area contributed by atoms with Crippen LogP contribution in [0.25, 0.3) is 0 Å². The van der Waals surface area contributed by atoms with Gasteiger partial charge in [-0.1, -0.05) is 12.7 Å². The molecule has 0 aliphatic heterocycles. The molecule has 0 aliphatic rings. The lowest BCUT2D eigenvalue weighted by Crippen LogP contribution is -1.89. The largest absolute Gasteiger partial charge is 0.497 e. The summed E-state index contributed by atoms with van der Waals surface area (Å²) >= 11 is 0. The average Bonchev–Trinajstić information content (AvgIpc) is 2.07. The SMILES string of the molecule is C=C/C(=C\C=C(\C)COC)OC. The van der Waals surface area contributed by atoms with Gasteiger partial charge >= 0.3 is 0 Å². The fourth-order valence-corrected chi connectivity index (χ4v) is 0.720. The molecule has 0 saturated carbocycles. The Labute approximate surface area is 74.2 Å². The maximum absolute atomic E-state index is 4.99. The second-order valence-electron chi connectivity index (χ2n) is 2.42. The van der Waals surface area contributed by atoms with Crippen molar-refractivity contribution in [1.29, 1.82) is 0 Å². The maximum Gasteiger partial charge on any atom is 0.118 e. The van der Waals surface area contributed by atoms with E-state index in [2.05, 4.69) is 6.58 Å². The van der Waals surface area contributed by atoms with Crippen LogP contribution in [0.15, 0.2) is 36.1 Å². The van der Waals surface area contributed by atoms with E-state index >= 15 is 0 Å². The van der Waals surface area contributed by atoms with Crippen LogP contribution in [0, 0.1) is 0 Å². The summed E-state index contributed by atoms with van der Waals surface area (Å²) in [7, 11) is 3.29. The molecule has 0 aromatic rings. The third-order valence-electron chi connectivity index (χ3n) is 1.34. The Hall–Kier alpha value is -1.02. The van der Waals surface area contributed by atoms with Crippen LogP contribution in [0.2, 0.25) is 0 Å². The van der Waals surface area contributed by atoms with Gasteiger partial charge < -0.3 is 9.47 Å². The van der Waals surface area contributed by atoms with Gasteiger partial charge in [-0.3, -0.25) is 0 Å². The molecule has 0 rings (SSSR count). The molecule has 0 radical (unpaired) electrons. The van der Waals surface area contributed by atoms with Gasteiger partial charge in [0.1, 0.15) is 5.76 Å². The first-order valence-electron chi connectivity index (χ1n) is 3.77. The van der Waals surface area contributed by atoms with E-state index in [1.165, 1.54) is 0 Å². The number of methoxy groups -OCH3 is 2. The van der Waals surface area contributed by atoms with Crippen molar-refractivity contribution in [2.45, 2.75) is 6.92 Å². The van der Waals surface area contributed by atoms with E-state index in [9.17, 15) is 0 Å². The van der Waals surface area contributed by atoms with Crippen LogP contribution in [0.3, 0.4) is 0 Å². The van der Waals surface area contributed by atoms with E-state index in [0.29, 0.717) is 6.61 Å². The molecule has 0 aromatic carbocycles. The summed E-state index contributed by atoms with van der Waals surface area (Å²) in [6.07, 6.45) is 5.47. The Morgan fingerprint density at radius 1 is 1.33 bits per heavy atom. The minimum atomic E-state index is 0.643. The van der Waals surface area contributed by atoms with Crippen molar-refractivity contribution >= 4 is 0 Å². The standard InChI is InChI=1S/C10H16O2/c1-5-10(12-4)7-6-9(2)8-11-3/h5-7H,1,8H2,2-4H3/b9-6-,10-7+. The van der Waals surface area contributed by atoms with Gasteiger partial charge in [0.15, 0.2) is 0 Å². The molecule has 0 fully saturated rings. The Bertz CT molecular complexity index is 190. The molecule has 0 amide bonds. The first kappa shape index (κ1) is 11.0. The minimum Gasteiger partial charge on any atom is -0.497 e. The number of rotatable bonds is 5. The summed E-state index contributed by atoms with van der Waals surface area (Å²) < 4.78 is 9.92. The maximum atomic E-state index is 4.99. The summed E-state index contributed by atoms with van der Waals surface area (Å²) in [5, 5.41) is 0. The van der Waals surface area contributed by atoms with Gasteiger partial charge in [0.2, 0.25) is 0 Å². The third-order valence-corrected chi connectivity index (χ3v) is 1.34. The van der Waals surface area contributed by atoms with Crippen molar-refractivity contribution in [1.82, 2.24) is 0 Å². The zero-order chi connectivity index (χ0) is 9.40. The van der Waals surface area contributed by atoms with Crippen LogP contribution in [0.4, 0.5) is 0 Å². The summed E-state index contributed by atoms with van der Waals surface area (Å²) in [5.41, 5.74) is 1.15. The lowest BCUT2D eigenvalue weighted by atomic mass is 10.3. The molecule has 12 heavy (non-hydrogen) atoms. The van der Waals surface area contributed by atoms with Gasteiger partial charge in [0.05, 0.1) is 13.7 Å². The number of ether oxygens (including phenoxy) is 2. The molecule has 0 heterocycles. The van der Waals surface area contributed by atoms with Crippen molar-refractivity contribution in [2.24, 2.45) is 0 Å². The average molecular weight is 168 g/mol. The van der Waals surface area contributed by atoms with Gasteiger partial charge in [0, 0.05) is 7.11 Å². The highest BCUT2D eigenvalue weighted by Crippen LogP contribution is 1.99. The zero-order valence-corrected chi connectivity index (χ0v) is 7.96. The summed E-state index contributed by atoms with van der Waals surface area (Å²) in [6, 6.07) is 0. The van der Waals surface area contributed by atoms with Crippen molar-refractivity contribution < 1.29 is 9.47 Å². The van der Waals surface area contributed by atoms with Crippen LogP contribution in [-0.4, -0.2) is 20.8 Å². The normalized spacial score (nSPS) is 12.9. The van der Waals surface area contributed by atoms with Crippen LogP contribution < -0.4 is 0 Å². The Kier molecular flexibility index (Phi) is 6.11. The van der Waals surface area contributed by atoms with E-state index < -0.39 is 0 Å². The van der Waals surface area contributed by atoms with Gasteiger partial charge in [-0.25, -0.2) is 0 Å². The number of allylic oxidation sites excluding steroid dienone is 3. The van der Waals surface area contributed by atoms with Crippen molar-refractivity contribution in [3.8, 4) is 0 Å². The predicted octanol–water partition coefficient (Wildman–Crippen LogP) is 2.30. The molecule has 0 spiro atoms. The molecule has 0 aromatic heterocycles. The molecule has 0 unspecified atom stereocenters. The predicted molar refractivity (Wildman–Crippen MR) is 50.9 cm³/mol. The van der Waals surface area contributed by atoms with Crippen molar-refractivity contribution in [3.05, 3.63) is 36.1 Å². The van der Waals surface area contributed by atoms with Gasteiger partial charge in [-0.15, -0.1) is 0 Å². The number of hydrogen-bond donors (Lipinski definition) is 0. The molecule has 0 aliphatic carbocycles. The molecule has 0 atom stereocenters. The first-order chi connectivity index (χ1) is 5.74. The fourth-order valence-electron chi connectivity index (χ4n) is 0.720. The van der Waals surface area contributed by atoms with E-state index in [1.807, 2.05) is 19.1 Å². The molecule has 2 heteroatoms. The van der Waals surface area contributed by atoms with E-state index in [-0.39, 0.29) is 0 Å². The van der Waals surface area contributed by atoms with Crippen LogP contribution in [0.5, 0.6) is 0 Å². The van der Waals surface area contributed by atoms with Gasteiger partial charge in [-0.2, -0.15) is 0 Å². The number of hydrogen-bond acceptors (Lipinski definition) is 2. The Balaban J connectivity index is 4.13.